The number of hydrogen-bond acceptors (Lipinski definition) is 5. The van der Waals surface area contributed by atoms with Crippen LogP contribution in [0, 0.1) is 0 Å². The molecule has 1 aromatic rings. The lowest BCUT2D eigenvalue weighted by molar-refractivity contribution is -0.137. The van der Waals surface area contributed by atoms with Crippen LogP contribution in [0.3, 0.4) is 0 Å². The molecule has 1 fully saturated rings. The SMILES string of the molecule is COC(CN)CC(=O)N(Cc1ccc2c(c1)OCO2)C1CCCCC1. The van der Waals surface area contributed by atoms with E-state index in [1.54, 1.807) is 7.11 Å². The second-order valence-electron chi connectivity index (χ2n) is 6.80. The van der Waals surface area contributed by atoms with Gasteiger partial charge in [0.05, 0.1) is 12.5 Å². The van der Waals surface area contributed by atoms with Gasteiger partial charge in [-0.15, -0.1) is 0 Å². The Kier molecular flexibility index (Phi) is 6.15. The number of ether oxygens (including phenoxy) is 3. The zero-order chi connectivity index (χ0) is 17.6. The summed E-state index contributed by atoms with van der Waals surface area (Å²) in [4.78, 5) is 15.0. The van der Waals surface area contributed by atoms with Crippen LogP contribution in [0.15, 0.2) is 18.2 Å². The zero-order valence-electron chi connectivity index (χ0n) is 14.9. The van der Waals surface area contributed by atoms with Crippen molar-refractivity contribution in [2.45, 2.75) is 57.2 Å². The minimum atomic E-state index is -0.227. The van der Waals surface area contributed by atoms with Crippen LogP contribution in [-0.2, 0) is 16.1 Å². The van der Waals surface area contributed by atoms with E-state index >= 15 is 0 Å². The molecule has 6 nitrogen and oxygen atoms in total. The van der Waals surface area contributed by atoms with Crippen molar-refractivity contribution in [2.24, 2.45) is 5.73 Å². The van der Waals surface area contributed by atoms with Crippen molar-refractivity contribution in [3.63, 3.8) is 0 Å². The Hall–Kier alpha value is -1.79. The number of hydrogen-bond donors (Lipinski definition) is 1. The molecule has 0 bridgehead atoms. The Bertz CT molecular complexity index is 583. The molecule has 1 amide bonds. The zero-order valence-corrected chi connectivity index (χ0v) is 14.9. The van der Waals surface area contributed by atoms with Gasteiger partial charge in [-0.3, -0.25) is 4.79 Å². The maximum absolute atomic E-state index is 12.9. The van der Waals surface area contributed by atoms with E-state index in [9.17, 15) is 4.79 Å². The van der Waals surface area contributed by atoms with Crippen molar-refractivity contribution in [1.82, 2.24) is 4.90 Å². The predicted octanol–water partition coefficient (Wildman–Crippen LogP) is 2.44. The highest BCUT2D eigenvalue weighted by molar-refractivity contribution is 5.77. The van der Waals surface area contributed by atoms with E-state index in [1.165, 1.54) is 19.3 Å². The number of carbonyl (C=O) groups excluding carboxylic acids is 1. The third-order valence-corrected chi connectivity index (χ3v) is 5.12. The summed E-state index contributed by atoms with van der Waals surface area (Å²) in [5, 5.41) is 0. The lowest BCUT2D eigenvalue weighted by atomic mass is 9.93. The number of nitrogens with zero attached hydrogens (tertiary/aromatic N) is 1. The van der Waals surface area contributed by atoms with Crippen LogP contribution in [0.1, 0.15) is 44.1 Å². The van der Waals surface area contributed by atoms with E-state index in [4.69, 9.17) is 19.9 Å². The Balaban J connectivity index is 1.74. The molecule has 1 atom stereocenters. The van der Waals surface area contributed by atoms with Gasteiger partial charge in [-0.25, -0.2) is 0 Å². The minimum Gasteiger partial charge on any atom is -0.454 e. The van der Waals surface area contributed by atoms with Gasteiger partial charge in [0.25, 0.3) is 0 Å². The monoisotopic (exact) mass is 348 g/mol. The highest BCUT2D eigenvalue weighted by Crippen LogP contribution is 2.33. The van der Waals surface area contributed by atoms with Crippen LogP contribution < -0.4 is 15.2 Å². The summed E-state index contributed by atoms with van der Waals surface area (Å²) >= 11 is 0. The predicted molar refractivity (Wildman–Crippen MR) is 94.5 cm³/mol. The highest BCUT2D eigenvalue weighted by atomic mass is 16.7. The van der Waals surface area contributed by atoms with Gasteiger partial charge in [-0.2, -0.15) is 0 Å². The fraction of sp³-hybridized carbons (Fsp3) is 0.632. The van der Waals surface area contributed by atoms with Crippen molar-refractivity contribution in [2.75, 3.05) is 20.4 Å². The normalized spacial score (nSPS) is 18.2. The van der Waals surface area contributed by atoms with Gasteiger partial charge in [0.15, 0.2) is 11.5 Å². The van der Waals surface area contributed by atoms with Gasteiger partial charge in [0.2, 0.25) is 12.7 Å². The molecule has 0 radical (unpaired) electrons. The molecule has 2 N–H and O–H groups in total. The fourth-order valence-electron chi connectivity index (χ4n) is 3.62. The second kappa shape index (κ2) is 8.54. The molecule has 1 unspecified atom stereocenters. The number of amides is 1. The minimum absolute atomic E-state index is 0.113. The van der Waals surface area contributed by atoms with E-state index < -0.39 is 0 Å². The first-order chi connectivity index (χ1) is 12.2. The first kappa shape index (κ1) is 18.0. The largest absolute Gasteiger partial charge is 0.454 e. The van der Waals surface area contributed by atoms with E-state index in [0.29, 0.717) is 25.6 Å². The summed E-state index contributed by atoms with van der Waals surface area (Å²) in [7, 11) is 1.60. The quantitative estimate of drug-likeness (QED) is 0.819. The van der Waals surface area contributed by atoms with Crippen LogP contribution >= 0.6 is 0 Å². The number of nitrogens with two attached hydrogens (primary N) is 1. The molecule has 6 heteroatoms. The molecule has 1 heterocycles. The average Bonchev–Trinajstić information content (AvgIpc) is 3.12. The van der Waals surface area contributed by atoms with E-state index in [2.05, 4.69) is 0 Å². The Morgan fingerprint density at radius 3 is 2.76 bits per heavy atom. The van der Waals surface area contributed by atoms with E-state index in [1.807, 2.05) is 23.1 Å². The van der Waals surface area contributed by atoms with Crippen LogP contribution in [-0.4, -0.2) is 43.4 Å². The molecule has 1 aliphatic heterocycles. The fourth-order valence-corrected chi connectivity index (χ4v) is 3.62. The van der Waals surface area contributed by atoms with Crippen molar-refractivity contribution in [3.8, 4) is 11.5 Å². The third-order valence-electron chi connectivity index (χ3n) is 5.12. The highest BCUT2D eigenvalue weighted by Gasteiger charge is 2.27. The topological polar surface area (TPSA) is 74.0 Å². The van der Waals surface area contributed by atoms with Gasteiger partial charge in [0.1, 0.15) is 0 Å². The van der Waals surface area contributed by atoms with Gasteiger partial charge in [0, 0.05) is 26.2 Å². The lowest BCUT2D eigenvalue weighted by Crippen LogP contribution is -2.43. The molecule has 25 heavy (non-hydrogen) atoms. The van der Waals surface area contributed by atoms with Crippen LogP contribution in [0.25, 0.3) is 0 Å². The Labute approximate surface area is 149 Å². The molecule has 0 aromatic heterocycles. The summed E-state index contributed by atoms with van der Waals surface area (Å²) < 4.78 is 16.1. The van der Waals surface area contributed by atoms with E-state index in [-0.39, 0.29) is 18.8 Å². The number of rotatable bonds is 7. The first-order valence-corrected chi connectivity index (χ1v) is 9.12. The molecule has 1 aromatic carbocycles. The Morgan fingerprint density at radius 2 is 2.04 bits per heavy atom. The van der Waals surface area contributed by atoms with Crippen LogP contribution in [0.4, 0.5) is 0 Å². The molecule has 1 aliphatic carbocycles. The first-order valence-electron chi connectivity index (χ1n) is 9.12. The molecule has 2 aliphatic rings. The summed E-state index contributed by atoms with van der Waals surface area (Å²) in [6, 6.07) is 6.19. The molecule has 138 valence electrons. The van der Waals surface area contributed by atoms with Crippen LogP contribution in [0.5, 0.6) is 11.5 Å². The van der Waals surface area contributed by atoms with Crippen LogP contribution in [0.2, 0.25) is 0 Å². The smallest absolute Gasteiger partial charge is 0.231 e. The van der Waals surface area contributed by atoms with Crippen molar-refractivity contribution in [3.05, 3.63) is 23.8 Å². The molecule has 3 rings (SSSR count). The summed E-state index contributed by atoms with van der Waals surface area (Å²) in [6.07, 6.45) is 5.85. The third kappa shape index (κ3) is 4.44. The van der Waals surface area contributed by atoms with Gasteiger partial charge >= 0.3 is 0 Å². The standard InChI is InChI=1S/C19H28N2O4/c1-23-16(11-20)10-19(22)21(15-5-3-2-4-6-15)12-14-7-8-17-18(9-14)25-13-24-17/h7-9,15-16H,2-6,10-13,20H2,1H3. The summed E-state index contributed by atoms with van der Waals surface area (Å²) in [5.41, 5.74) is 6.76. The molecular formula is C19H28N2O4. The summed E-state index contributed by atoms with van der Waals surface area (Å²) in [6.45, 7) is 1.20. The number of carbonyl (C=O) groups is 1. The molecular weight excluding hydrogens is 320 g/mol. The maximum atomic E-state index is 12.9. The van der Waals surface area contributed by atoms with Gasteiger partial charge in [-0.1, -0.05) is 25.3 Å². The van der Waals surface area contributed by atoms with E-state index in [0.717, 1.165) is 29.9 Å². The molecule has 0 spiro atoms. The second-order valence-corrected chi connectivity index (χ2v) is 6.80. The lowest BCUT2D eigenvalue weighted by Gasteiger charge is -2.35. The molecule has 0 saturated heterocycles. The van der Waals surface area contributed by atoms with Gasteiger partial charge in [-0.05, 0) is 30.5 Å². The summed E-state index contributed by atoms with van der Waals surface area (Å²) in [5.74, 6) is 1.63. The maximum Gasteiger partial charge on any atom is 0.231 e. The van der Waals surface area contributed by atoms with Crippen molar-refractivity contribution < 1.29 is 19.0 Å². The van der Waals surface area contributed by atoms with Crippen molar-refractivity contribution >= 4 is 5.91 Å². The number of benzene rings is 1. The average molecular weight is 348 g/mol. The number of methoxy groups -OCH3 is 1. The number of fused-ring (bicyclic) bond motifs is 1. The molecule has 1 saturated carbocycles. The van der Waals surface area contributed by atoms with Crippen molar-refractivity contribution in [1.29, 1.82) is 0 Å². The Morgan fingerprint density at radius 1 is 1.28 bits per heavy atom. The van der Waals surface area contributed by atoms with Gasteiger partial charge < -0.3 is 24.8 Å².